The van der Waals surface area contributed by atoms with Crippen molar-refractivity contribution in [1.82, 2.24) is 15.0 Å². The van der Waals surface area contributed by atoms with Gasteiger partial charge in [-0.25, -0.2) is 0 Å². The lowest BCUT2D eigenvalue weighted by atomic mass is 9.96. The van der Waals surface area contributed by atoms with Crippen LogP contribution in [0.3, 0.4) is 0 Å². The van der Waals surface area contributed by atoms with Crippen LogP contribution in [0.25, 0.3) is 27.8 Å². The van der Waals surface area contributed by atoms with Crippen molar-refractivity contribution in [3.8, 4) is 28.3 Å². The molecule has 0 radical (unpaired) electrons. The Bertz CT molecular complexity index is 1190. The van der Waals surface area contributed by atoms with Gasteiger partial charge in [-0.05, 0) is 60.4 Å². The minimum Gasteiger partial charge on any atom is -0.507 e. The zero-order valence-corrected chi connectivity index (χ0v) is 15.9. The summed E-state index contributed by atoms with van der Waals surface area (Å²) in [5.41, 5.74) is 4.90. The summed E-state index contributed by atoms with van der Waals surface area (Å²) < 4.78 is 0. The Morgan fingerprint density at radius 3 is 2.07 bits per heavy atom. The van der Waals surface area contributed by atoms with Gasteiger partial charge in [0.1, 0.15) is 22.5 Å². The normalized spacial score (nSPS) is 10.9. The fourth-order valence-electron chi connectivity index (χ4n) is 3.38. The van der Waals surface area contributed by atoms with Crippen LogP contribution >= 0.6 is 0 Å². The van der Waals surface area contributed by atoms with Crippen LogP contribution in [0.2, 0.25) is 0 Å². The van der Waals surface area contributed by atoms with Crippen molar-refractivity contribution in [3.63, 3.8) is 0 Å². The molecule has 5 nitrogen and oxygen atoms in total. The molecule has 0 fully saturated rings. The molecular formula is C24H21N3O2. The Hall–Kier alpha value is -3.86. The van der Waals surface area contributed by atoms with E-state index in [1.165, 1.54) is 4.80 Å². The van der Waals surface area contributed by atoms with Gasteiger partial charge < -0.3 is 10.2 Å². The molecule has 0 saturated carbocycles. The average Bonchev–Trinajstić information content (AvgIpc) is 3.15. The minimum absolute atomic E-state index is 0.00386. The number of benzene rings is 3. The van der Waals surface area contributed by atoms with Crippen molar-refractivity contribution in [2.75, 3.05) is 0 Å². The van der Waals surface area contributed by atoms with E-state index in [1.54, 1.807) is 18.2 Å². The highest BCUT2D eigenvalue weighted by Crippen LogP contribution is 2.40. The number of aromatic nitrogens is 3. The van der Waals surface area contributed by atoms with E-state index in [2.05, 4.69) is 23.4 Å². The third-order valence-electron chi connectivity index (χ3n) is 4.76. The maximum atomic E-state index is 11.1. The number of fused-ring (bicyclic) bond motifs is 1. The standard InChI is InChI=1S/C24H21N3O2/c1-3-7-16-11-12-23(28)18(13-16)19-14-17(8-4-2)15-22(24(19)29)27-25-20-9-5-6-10-21(20)26-27/h3-6,9-15,28-29H,1-2,7-8H2. The Morgan fingerprint density at radius 1 is 0.793 bits per heavy atom. The molecule has 1 aromatic heterocycles. The lowest BCUT2D eigenvalue weighted by Crippen LogP contribution is -2.02. The molecule has 2 N–H and O–H groups in total. The number of aromatic hydroxyl groups is 2. The molecule has 0 aliphatic heterocycles. The first-order valence-corrected chi connectivity index (χ1v) is 9.33. The van der Waals surface area contributed by atoms with E-state index in [1.807, 2.05) is 48.5 Å². The first-order valence-electron chi connectivity index (χ1n) is 9.33. The van der Waals surface area contributed by atoms with Crippen LogP contribution in [0.1, 0.15) is 11.1 Å². The van der Waals surface area contributed by atoms with E-state index in [0.29, 0.717) is 29.7 Å². The summed E-state index contributed by atoms with van der Waals surface area (Å²) in [5, 5.41) is 30.6. The first kappa shape index (κ1) is 18.5. The lowest BCUT2D eigenvalue weighted by molar-refractivity contribution is 0.464. The van der Waals surface area contributed by atoms with Crippen molar-refractivity contribution in [1.29, 1.82) is 0 Å². The summed E-state index contributed by atoms with van der Waals surface area (Å²) in [6.45, 7) is 7.58. The van der Waals surface area contributed by atoms with E-state index in [4.69, 9.17) is 0 Å². The summed E-state index contributed by atoms with van der Waals surface area (Å²) >= 11 is 0. The molecule has 0 unspecified atom stereocenters. The molecule has 5 heteroatoms. The smallest absolute Gasteiger partial charge is 0.151 e. The molecule has 0 saturated heterocycles. The molecule has 0 aliphatic rings. The van der Waals surface area contributed by atoms with Gasteiger partial charge in [-0.2, -0.15) is 0 Å². The predicted octanol–water partition coefficient (Wildman–Crippen LogP) is 4.96. The highest BCUT2D eigenvalue weighted by atomic mass is 16.3. The Morgan fingerprint density at radius 2 is 1.41 bits per heavy atom. The maximum absolute atomic E-state index is 11.1. The van der Waals surface area contributed by atoms with Crippen molar-refractivity contribution in [3.05, 3.63) is 91.0 Å². The number of phenols is 2. The van der Waals surface area contributed by atoms with Gasteiger partial charge in [0.25, 0.3) is 0 Å². The van der Waals surface area contributed by atoms with Gasteiger partial charge in [0.15, 0.2) is 5.75 Å². The second-order valence-electron chi connectivity index (χ2n) is 6.83. The Kier molecular flexibility index (Phi) is 4.87. The largest absolute Gasteiger partial charge is 0.507 e. The van der Waals surface area contributed by atoms with Crippen LogP contribution in [-0.4, -0.2) is 25.2 Å². The van der Waals surface area contributed by atoms with Gasteiger partial charge in [0, 0.05) is 11.1 Å². The predicted molar refractivity (Wildman–Crippen MR) is 115 cm³/mol. The summed E-state index contributed by atoms with van der Waals surface area (Å²) in [4.78, 5) is 1.43. The SMILES string of the molecule is C=CCc1ccc(O)c(-c2cc(CC=C)cc(-n3nc4ccccc4n3)c2O)c1. The van der Waals surface area contributed by atoms with Gasteiger partial charge in [0.05, 0.1) is 0 Å². The summed E-state index contributed by atoms with van der Waals surface area (Å²) in [6, 6.07) is 16.6. The Balaban J connectivity index is 1.94. The van der Waals surface area contributed by atoms with Gasteiger partial charge in [0.2, 0.25) is 0 Å². The van der Waals surface area contributed by atoms with Crippen LogP contribution < -0.4 is 0 Å². The highest BCUT2D eigenvalue weighted by Gasteiger charge is 2.18. The van der Waals surface area contributed by atoms with Crippen molar-refractivity contribution in [2.24, 2.45) is 0 Å². The molecule has 29 heavy (non-hydrogen) atoms. The number of allylic oxidation sites excluding steroid dienone is 2. The number of phenolic OH excluding ortho intramolecular Hbond substituents is 2. The summed E-state index contributed by atoms with van der Waals surface area (Å²) in [7, 11) is 0. The van der Waals surface area contributed by atoms with Crippen LogP contribution in [-0.2, 0) is 12.8 Å². The van der Waals surface area contributed by atoms with Crippen LogP contribution in [0.4, 0.5) is 0 Å². The topological polar surface area (TPSA) is 71.2 Å². The Labute approximate surface area is 168 Å². The van der Waals surface area contributed by atoms with Gasteiger partial charge >= 0.3 is 0 Å². The molecule has 144 valence electrons. The third-order valence-corrected chi connectivity index (χ3v) is 4.76. The van der Waals surface area contributed by atoms with Crippen LogP contribution in [0.5, 0.6) is 11.5 Å². The lowest BCUT2D eigenvalue weighted by Gasteiger charge is -2.14. The second kappa shape index (κ2) is 7.64. The molecule has 0 aliphatic carbocycles. The minimum atomic E-state index is 0.00386. The maximum Gasteiger partial charge on any atom is 0.151 e. The molecular weight excluding hydrogens is 362 g/mol. The molecule has 3 aromatic carbocycles. The molecule has 0 amide bonds. The van der Waals surface area contributed by atoms with Crippen LogP contribution in [0, 0.1) is 0 Å². The third kappa shape index (κ3) is 3.50. The molecule has 0 spiro atoms. The van der Waals surface area contributed by atoms with Crippen molar-refractivity contribution in [2.45, 2.75) is 12.8 Å². The molecule has 4 aromatic rings. The number of rotatable bonds is 6. The number of hydrogen-bond donors (Lipinski definition) is 2. The van der Waals surface area contributed by atoms with Crippen LogP contribution in [0.15, 0.2) is 79.9 Å². The van der Waals surface area contributed by atoms with E-state index >= 15 is 0 Å². The monoisotopic (exact) mass is 383 g/mol. The van der Waals surface area contributed by atoms with Crippen molar-refractivity contribution < 1.29 is 10.2 Å². The highest BCUT2D eigenvalue weighted by molar-refractivity contribution is 5.80. The summed E-state index contributed by atoms with van der Waals surface area (Å²) in [5.74, 6) is 0.0950. The zero-order chi connectivity index (χ0) is 20.4. The quantitative estimate of drug-likeness (QED) is 0.462. The average molecular weight is 383 g/mol. The zero-order valence-electron chi connectivity index (χ0n) is 15.9. The van der Waals surface area contributed by atoms with Gasteiger partial charge in [-0.3, -0.25) is 0 Å². The van der Waals surface area contributed by atoms with Crippen molar-refractivity contribution >= 4 is 11.0 Å². The van der Waals surface area contributed by atoms with E-state index in [0.717, 1.165) is 22.2 Å². The second-order valence-corrected chi connectivity index (χ2v) is 6.83. The van der Waals surface area contributed by atoms with Gasteiger partial charge in [-0.1, -0.05) is 30.4 Å². The molecule has 0 bridgehead atoms. The van der Waals surface area contributed by atoms with E-state index in [9.17, 15) is 10.2 Å². The molecule has 1 heterocycles. The number of nitrogens with zero attached hydrogens (tertiary/aromatic N) is 3. The molecule has 0 atom stereocenters. The van der Waals surface area contributed by atoms with E-state index in [-0.39, 0.29) is 11.5 Å². The fraction of sp³-hybridized carbons (Fsp3) is 0.0833. The fourth-order valence-corrected chi connectivity index (χ4v) is 3.38. The van der Waals surface area contributed by atoms with E-state index < -0.39 is 0 Å². The first-order chi connectivity index (χ1) is 14.1. The number of hydrogen-bond acceptors (Lipinski definition) is 4. The van der Waals surface area contributed by atoms with Gasteiger partial charge in [-0.15, -0.1) is 28.2 Å². The summed E-state index contributed by atoms with van der Waals surface area (Å²) in [6.07, 6.45) is 4.86. The molecule has 4 rings (SSSR count).